The van der Waals surface area contributed by atoms with E-state index in [1.54, 1.807) is 0 Å². The molecule has 0 saturated carbocycles. The van der Waals surface area contributed by atoms with Crippen LogP contribution in [0.5, 0.6) is 5.75 Å². The Morgan fingerprint density at radius 1 is 1.13 bits per heavy atom. The third-order valence-electron chi connectivity index (χ3n) is 3.60. The monoisotopic (exact) mass is 323 g/mol. The summed E-state index contributed by atoms with van der Waals surface area (Å²) in [6, 6.07) is 14.2. The van der Waals surface area contributed by atoms with Crippen molar-refractivity contribution in [2.75, 3.05) is 0 Å². The molecule has 3 nitrogen and oxygen atoms in total. The fraction of sp³-hybridized carbons (Fsp3) is 0.158. The minimum Gasteiger partial charge on any atom is -0.488 e. The van der Waals surface area contributed by atoms with Crippen molar-refractivity contribution >= 4 is 17.6 Å². The number of aromatic nitrogens is 1. The van der Waals surface area contributed by atoms with Gasteiger partial charge in [-0.3, -0.25) is 4.79 Å². The molecule has 0 fully saturated rings. The minimum atomic E-state index is 0.500. The Kier molecular flexibility index (Phi) is 4.53. The third-order valence-corrected chi connectivity index (χ3v) is 4.37. The zero-order valence-electron chi connectivity index (χ0n) is 13.1. The van der Waals surface area contributed by atoms with Crippen LogP contribution in [0.2, 0.25) is 0 Å². The topological polar surface area (TPSA) is 39.2 Å². The van der Waals surface area contributed by atoms with Gasteiger partial charge in [0.15, 0.2) is 11.3 Å². The van der Waals surface area contributed by atoms with E-state index in [0.717, 1.165) is 40.0 Å². The van der Waals surface area contributed by atoms with Crippen LogP contribution in [-0.4, -0.2) is 11.3 Å². The standard InChI is InChI=1S/C19H17NO2S/c1-13-8-16(17-12-23-18(10-21)20-17)9-14(2)19(13)22-11-15-6-4-3-5-7-15/h3-10,12H,11H2,1-2H3. The highest BCUT2D eigenvalue weighted by Gasteiger charge is 2.10. The fourth-order valence-electron chi connectivity index (χ4n) is 2.53. The van der Waals surface area contributed by atoms with Crippen LogP contribution in [0.1, 0.15) is 26.5 Å². The lowest BCUT2D eigenvalue weighted by Gasteiger charge is -2.13. The molecular weight excluding hydrogens is 306 g/mol. The van der Waals surface area contributed by atoms with E-state index in [4.69, 9.17) is 4.74 Å². The van der Waals surface area contributed by atoms with Crippen molar-refractivity contribution in [2.24, 2.45) is 0 Å². The number of carbonyl (C=O) groups excluding carboxylic acids is 1. The average Bonchev–Trinajstić information content (AvgIpc) is 3.04. The van der Waals surface area contributed by atoms with Gasteiger partial charge in [-0.25, -0.2) is 4.98 Å². The number of aryl methyl sites for hydroxylation is 2. The summed E-state index contributed by atoms with van der Waals surface area (Å²) in [4.78, 5) is 15.1. The lowest BCUT2D eigenvalue weighted by Crippen LogP contribution is -1.99. The van der Waals surface area contributed by atoms with E-state index in [9.17, 15) is 4.79 Å². The number of hydrogen-bond donors (Lipinski definition) is 0. The minimum absolute atomic E-state index is 0.500. The molecule has 0 aliphatic heterocycles. The fourth-order valence-corrected chi connectivity index (χ4v) is 3.16. The second kappa shape index (κ2) is 6.75. The molecule has 0 bridgehead atoms. The van der Waals surface area contributed by atoms with Crippen molar-refractivity contribution in [3.05, 3.63) is 69.5 Å². The van der Waals surface area contributed by atoms with Crippen LogP contribution < -0.4 is 4.74 Å². The zero-order chi connectivity index (χ0) is 16.2. The molecule has 1 heterocycles. The van der Waals surface area contributed by atoms with Crippen LogP contribution in [0.4, 0.5) is 0 Å². The summed E-state index contributed by atoms with van der Waals surface area (Å²) in [5.41, 5.74) is 5.12. The lowest BCUT2D eigenvalue weighted by molar-refractivity contribution is 0.112. The van der Waals surface area contributed by atoms with Gasteiger partial charge in [-0.15, -0.1) is 11.3 Å². The number of thiazole rings is 1. The van der Waals surface area contributed by atoms with Gasteiger partial charge < -0.3 is 4.74 Å². The first-order chi connectivity index (χ1) is 11.2. The Balaban J connectivity index is 1.84. The molecule has 23 heavy (non-hydrogen) atoms. The summed E-state index contributed by atoms with van der Waals surface area (Å²) in [5, 5.41) is 2.40. The molecule has 4 heteroatoms. The van der Waals surface area contributed by atoms with Crippen molar-refractivity contribution < 1.29 is 9.53 Å². The van der Waals surface area contributed by atoms with E-state index in [2.05, 4.69) is 29.2 Å². The maximum atomic E-state index is 10.8. The lowest BCUT2D eigenvalue weighted by atomic mass is 10.0. The van der Waals surface area contributed by atoms with Crippen LogP contribution in [0.3, 0.4) is 0 Å². The first-order valence-electron chi connectivity index (χ1n) is 7.36. The molecule has 3 aromatic rings. The highest BCUT2D eigenvalue weighted by Crippen LogP contribution is 2.31. The average molecular weight is 323 g/mol. The van der Waals surface area contributed by atoms with Crippen LogP contribution >= 0.6 is 11.3 Å². The number of aldehydes is 1. The second-order valence-corrected chi connectivity index (χ2v) is 6.29. The predicted molar refractivity (Wildman–Crippen MR) is 93.2 cm³/mol. The molecule has 116 valence electrons. The van der Waals surface area contributed by atoms with Gasteiger partial charge in [0.05, 0.1) is 5.69 Å². The molecule has 0 saturated heterocycles. The molecule has 0 atom stereocenters. The van der Waals surface area contributed by atoms with Crippen LogP contribution in [0, 0.1) is 13.8 Å². The first-order valence-corrected chi connectivity index (χ1v) is 8.24. The zero-order valence-corrected chi connectivity index (χ0v) is 13.9. The van der Waals surface area contributed by atoms with Gasteiger partial charge in [-0.2, -0.15) is 0 Å². The Morgan fingerprint density at radius 2 is 1.83 bits per heavy atom. The molecule has 2 aromatic carbocycles. The Labute approximate surface area is 139 Å². The maximum Gasteiger partial charge on any atom is 0.178 e. The summed E-state index contributed by atoms with van der Waals surface area (Å²) in [7, 11) is 0. The van der Waals surface area contributed by atoms with E-state index in [-0.39, 0.29) is 0 Å². The SMILES string of the molecule is Cc1cc(-c2csc(C=O)n2)cc(C)c1OCc1ccccc1. The summed E-state index contributed by atoms with van der Waals surface area (Å²) < 4.78 is 6.00. The van der Waals surface area contributed by atoms with E-state index in [1.807, 2.05) is 37.4 Å². The second-order valence-electron chi connectivity index (χ2n) is 5.40. The summed E-state index contributed by atoms with van der Waals surface area (Å²) in [6.07, 6.45) is 0.783. The highest BCUT2D eigenvalue weighted by atomic mass is 32.1. The highest BCUT2D eigenvalue weighted by molar-refractivity contribution is 7.11. The number of benzene rings is 2. The number of nitrogens with zero attached hydrogens (tertiary/aromatic N) is 1. The summed E-state index contributed by atoms with van der Waals surface area (Å²) in [6.45, 7) is 4.61. The van der Waals surface area contributed by atoms with E-state index < -0.39 is 0 Å². The van der Waals surface area contributed by atoms with Crippen LogP contribution in [0.15, 0.2) is 47.8 Å². The van der Waals surface area contributed by atoms with E-state index in [0.29, 0.717) is 11.6 Å². The summed E-state index contributed by atoms with van der Waals surface area (Å²) in [5.74, 6) is 0.906. The molecule has 0 unspecified atom stereocenters. The van der Waals surface area contributed by atoms with Gasteiger partial charge in [0.2, 0.25) is 0 Å². The Bertz CT molecular complexity index is 801. The van der Waals surface area contributed by atoms with Crippen LogP contribution in [0.25, 0.3) is 11.3 Å². The molecule has 0 N–H and O–H groups in total. The molecular formula is C19H17NO2S. The van der Waals surface area contributed by atoms with Gasteiger partial charge in [0, 0.05) is 10.9 Å². The van der Waals surface area contributed by atoms with Gasteiger partial charge in [0.25, 0.3) is 0 Å². The number of carbonyl (C=O) groups is 1. The normalized spacial score (nSPS) is 10.5. The largest absolute Gasteiger partial charge is 0.488 e. The Hall–Kier alpha value is -2.46. The number of ether oxygens (including phenoxy) is 1. The number of rotatable bonds is 5. The van der Waals surface area contributed by atoms with E-state index >= 15 is 0 Å². The van der Waals surface area contributed by atoms with Gasteiger partial charge >= 0.3 is 0 Å². The smallest absolute Gasteiger partial charge is 0.178 e. The van der Waals surface area contributed by atoms with Crippen molar-refractivity contribution in [3.8, 4) is 17.0 Å². The molecule has 1 aromatic heterocycles. The molecule has 3 rings (SSSR count). The third kappa shape index (κ3) is 3.48. The quantitative estimate of drug-likeness (QED) is 0.632. The molecule has 0 spiro atoms. The van der Waals surface area contributed by atoms with Crippen LogP contribution in [-0.2, 0) is 6.61 Å². The Morgan fingerprint density at radius 3 is 2.43 bits per heavy atom. The molecule has 0 aliphatic rings. The van der Waals surface area contributed by atoms with Crippen molar-refractivity contribution in [3.63, 3.8) is 0 Å². The van der Waals surface area contributed by atoms with Gasteiger partial charge in [-0.1, -0.05) is 30.3 Å². The number of hydrogen-bond acceptors (Lipinski definition) is 4. The van der Waals surface area contributed by atoms with Gasteiger partial charge in [-0.05, 0) is 42.7 Å². The van der Waals surface area contributed by atoms with Gasteiger partial charge in [0.1, 0.15) is 12.4 Å². The molecule has 0 amide bonds. The van der Waals surface area contributed by atoms with E-state index in [1.165, 1.54) is 11.3 Å². The summed E-state index contributed by atoms with van der Waals surface area (Å²) >= 11 is 1.36. The first kappa shape index (κ1) is 15.4. The predicted octanol–water partition coefficient (Wildman–Crippen LogP) is 4.82. The van der Waals surface area contributed by atoms with Crippen molar-refractivity contribution in [1.82, 2.24) is 4.98 Å². The molecule has 0 aliphatic carbocycles. The van der Waals surface area contributed by atoms with Crippen molar-refractivity contribution in [2.45, 2.75) is 20.5 Å². The van der Waals surface area contributed by atoms with Crippen molar-refractivity contribution in [1.29, 1.82) is 0 Å². The maximum absolute atomic E-state index is 10.8. The molecule has 0 radical (unpaired) electrons.